The Bertz CT molecular complexity index is 244. The van der Waals surface area contributed by atoms with Gasteiger partial charge in [0.1, 0.15) is 5.60 Å². The number of nitrogens with zero attached hydrogens (tertiary/aromatic N) is 1. The molecular weight excluding hydrogens is 142 g/mol. The zero-order valence-electron chi connectivity index (χ0n) is 5.95. The van der Waals surface area contributed by atoms with Gasteiger partial charge in [0.15, 0.2) is 0 Å². The van der Waals surface area contributed by atoms with Gasteiger partial charge in [-0.05, 0) is 6.07 Å². The summed E-state index contributed by atoms with van der Waals surface area (Å²) in [5.41, 5.74) is -0.0173. The Morgan fingerprint density at radius 1 is 1.64 bits per heavy atom. The second-order valence-corrected chi connectivity index (χ2v) is 2.70. The lowest BCUT2D eigenvalue weighted by molar-refractivity contribution is -0.184. The van der Waals surface area contributed by atoms with Crippen LogP contribution in [0.1, 0.15) is 5.56 Å². The molecule has 0 atom stereocenters. The lowest BCUT2D eigenvalue weighted by Crippen LogP contribution is -2.46. The fraction of sp³-hybridized carbons (Fsp3) is 0.375. The van der Waals surface area contributed by atoms with Gasteiger partial charge in [-0.1, -0.05) is 0 Å². The summed E-state index contributed by atoms with van der Waals surface area (Å²) in [4.78, 5) is 3.86. The quantitative estimate of drug-likeness (QED) is 0.617. The van der Waals surface area contributed by atoms with E-state index >= 15 is 0 Å². The minimum absolute atomic E-state index is 0.368. The zero-order valence-corrected chi connectivity index (χ0v) is 5.95. The van der Waals surface area contributed by atoms with Crippen molar-refractivity contribution in [3.05, 3.63) is 30.1 Å². The van der Waals surface area contributed by atoms with Gasteiger partial charge >= 0.3 is 0 Å². The van der Waals surface area contributed by atoms with Crippen molar-refractivity contribution in [2.45, 2.75) is 5.60 Å². The van der Waals surface area contributed by atoms with Crippen LogP contribution in [0.3, 0.4) is 0 Å². The Labute approximate surface area is 64.6 Å². The lowest BCUT2D eigenvalue weighted by Gasteiger charge is -2.36. The van der Waals surface area contributed by atoms with Gasteiger partial charge in [-0.3, -0.25) is 4.98 Å². The van der Waals surface area contributed by atoms with Crippen LogP contribution < -0.4 is 0 Å². The number of ether oxygens (including phenoxy) is 1. The van der Waals surface area contributed by atoms with Crippen LogP contribution in [0.5, 0.6) is 0 Å². The topological polar surface area (TPSA) is 42.4 Å². The van der Waals surface area contributed by atoms with Gasteiger partial charge in [0.05, 0.1) is 13.2 Å². The molecule has 0 aliphatic carbocycles. The van der Waals surface area contributed by atoms with E-state index in [0.717, 1.165) is 5.56 Å². The Morgan fingerprint density at radius 2 is 2.45 bits per heavy atom. The van der Waals surface area contributed by atoms with E-state index in [0.29, 0.717) is 13.2 Å². The molecule has 0 saturated carbocycles. The van der Waals surface area contributed by atoms with Crippen LogP contribution in [-0.2, 0) is 10.3 Å². The predicted molar refractivity (Wildman–Crippen MR) is 37.8 cm³/mol. The van der Waals surface area contributed by atoms with Gasteiger partial charge in [0, 0.05) is 24.0 Å². The van der Waals surface area contributed by atoms with E-state index in [9.17, 15) is 5.11 Å². The molecule has 57 valence electrons. The fourth-order valence-electron chi connectivity index (χ4n) is 1.04. The first-order valence-electron chi connectivity index (χ1n) is 3.43. The van der Waals surface area contributed by atoms with Gasteiger partial charge < -0.3 is 9.84 Å². The maximum atomic E-state index is 9.70. The highest BCUT2D eigenvalue weighted by Gasteiger charge is 2.37. The largest absolute Gasteiger partial charge is 0.380 e. The van der Waals surface area contributed by atoms with Gasteiger partial charge in [-0.2, -0.15) is 0 Å². The molecule has 0 spiro atoms. The molecule has 1 aliphatic heterocycles. The molecule has 2 heterocycles. The minimum atomic E-state index is -0.801. The second kappa shape index (κ2) is 2.29. The van der Waals surface area contributed by atoms with Crippen molar-refractivity contribution >= 4 is 0 Å². The van der Waals surface area contributed by atoms with Crippen LogP contribution in [0, 0.1) is 6.07 Å². The van der Waals surface area contributed by atoms with Gasteiger partial charge in [-0.25, -0.2) is 0 Å². The molecule has 1 aliphatic rings. The van der Waals surface area contributed by atoms with Crippen LogP contribution in [0.4, 0.5) is 0 Å². The maximum Gasteiger partial charge on any atom is 0.138 e. The van der Waals surface area contributed by atoms with Gasteiger partial charge in [-0.15, -0.1) is 0 Å². The molecule has 1 aromatic heterocycles. The van der Waals surface area contributed by atoms with Crippen LogP contribution in [0.25, 0.3) is 0 Å². The minimum Gasteiger partial charge on any atom is -0.380 e. The summed E-state index contributed by atoms with van der Waals surface area (Å²) >= 11 is 0. The van der Waals surface area contributed by atoms with Crippen LogP contribution in [0.15, 0.2) is 18.5 Å². The third-order valence-corrected chi connectivity index (χ3v) is 1.82. The molecule has 11 heavy (non-hydrogen) atoms. The molecule has 0 aromatic carbocycles. The van der Waals surface area contributed by atoms with E-state index in [1.54, 1.807) is 18.5 Å². The molecule has 3 heteroatoms. The molecule has 1 saturated heterocycles. The summed E-state index contributed by atoms with van der Waals surface area (Å²) in [6.45, 7) is 0.735. The van der Waals surface area contributed by atoms with Gasteiger partial charge in [0.2, 0.25) is 0 Å². The average Bonchev–Trinajstić information content (AvgIpc) is 2.02. The first-order chi connectivity index (χ1) is 5.31. The second-order valence-electron chi connectivity index (χ2n) is 2.70. The van der Waals surface area contributed by atoms with E-state index in [-0.39, 0.29) is 0 Å². The number of hydrogen-bond acceptors (Lipinski definition) is 3. The van der Waals surface area contributed by atoms with Crippen molar-refractivity contribution in [2.75, 3.05) is 13.2 Å². The molecule has 1 N–H and O–H groups in total. The van der Waals surface area contributed by atoms with Crippen molar-refractivity contribution < 1.29 is 9.84 Å². The standard InChI is InChI=1S/C8H8NO2/c10-8(5-11-6-8)7-2-1-3-9-4-7/h2-4,10H,5-6H2. The summed E-state index contributed by atoms with van der Waals surface area (Å²) in [7, 11) is 0. The molecule has 1 aromatic rings. The summed E-state index contributed by atoms with van der Waals surface area (Å²) in [6, 6.07) is 4.54. The van der Waals surface area contributed by atoms with E-state index in [4.69, 9.17) is 4.74 Å². The van der Waals surface area contributed by atoms with Crippen LogP contribution in [-0.4, -0.2) is 23.3 Å². The average molecular weight is 150 g/mol. The Hall–Kier alpha value is -0.930. The van der Waals surface area contributed by atoms with E-state index in [1.807, 2.05) is 0 Å². The smallest absolute Gasteiger partial charge is 0.138 e. The van der Waals surface area contributed by atoms with Crippen molar-refractivity contribution in [3.63, 3.8) is 0 Å². The Balaban J connectivity index is 2.29. The van der Waals surface area contributed by atoms with Crippen molar-refractivity contribution in [1.82, 2.24) is 4.98 Å². The number of pyridine rings is 1. The normalized spacial score (nSPS) is 20.8. The van der Waals surface area contributed by atoms with Crippen LogP contribution >= 0.6 is 0 Å². The molecule has 1 radical (unpaired) electrons. The molecule has 0 amide bonds. The first-order valence-corrected chi connectivity index (χ1v) is 3.43. The van der Waals surface area contributed by atoms with Crippen molar-refractivity contribution in [1.29, 1.82) is 0 Å². The Kier molecular flexibility index (Phi) is 1.41. The van der Waals surface area contributed by atoms with Crippen molar-refractivity contribution in [2.24, 2.45) is 0 Å². The summed E-state index contributed by atoms with van der Waals surface area (Å²) in [5, 5.41) is 9.70. The lowest BCUT2D eigenvalue weighted by atomic mass is 9.94. The number of aliphatic hydroxyl groups is 1. The summed E-state index contributed by atoms with van der Waals surface area (Å²) < 4.78 is 4.90. The molecule has 0 unspecified atom stereocenters. The fourth-order valence-corrected chi connectivity index (χ4v) is 1.04. The molecule has 0 bridgehead atoms. The Morgan fingerprint density at radius 3 is 2.91 bits per heavy atom. The number of aromatic nitrogens is 1. The number of rotatable bonds is 1. The maximum absolute atomic E-state index is 9.70. The summed E-state index contributed by atoms with van der Waals surface area (Å²) in [5.74, 6) is 0. The predicted octanol–water partition coefficient (Wildman–Crippen LogP) is 0.0996. The van der Waals surface area contributed by atoms with Gasteiger partial charge in [0.25, 0.3) is 0 Å². The SMILES string of the molecule is OC1(c2c[c]cnc2)COC1. The van der Waals surface area contributed by atoms with E-state index < -0.39 is 5.60 Å². The van der Waals surface area contributed by atoms with E-state index in [2.05, 4.69) is 11.1 Å². The van der Waals surface area contributed by atoms with E-state index in [1.165, 1.54) is 0 Å². The molecule has 1 fully saturated rings. The monoisotopic (exact) mass is 150 g/mol. The third kappa shape index (κ3) is 1.02. The zero-order chi connectivity index (χ0) is 7.73. The highest BCUT2D eigenvalue weighted by atomic mass is 16.5. The van der Waals surface area contributed by atoms with Crippen LogP contribution in [0.2, 0.25) is 0 Å². The first kappa shape index (κ1) is 6.76. The third-order valence-electron chi connectivity index (χ3n) is 1.82. The molecule has 2 rings (SSSR count). The highest BCUT2D eigenvalue weighted by Crippen LogP contribution is 2.27. The molecular formula is C8H8NO2. The highest BCUT2D eigenvalue weighted by molar-refractivity contribution is 5.19. The molecule has 3 nitrogen and oxygen atoms in total. The van der Waals surface area contributed by atoms with Crippen molar-refractivity contribution in [3.8, 4) is 0 Å². The number of hydrogen-bond donors (Lipinski definition) is 1. The summed E-state index contributed by atoms with van der Waals surface area (Å²) in [6.07, 6.45) is 3.20.